The molecule has 0 amide bonds. The fourth-order valence-corrected chi connectivity index (χ4v) is 1.72. The van der Waals surface area contributed by atoms with Gasteiger partial charge in [-0.3, -0.25) is 0 Å². The first-order valence-corrected chi connectivity index (χ1v) is 5.47. The number of thiocarbonyl (C=S) groups is 1. The number of ether oxygens (including phenoxy) is 1. The highest BCUT2D eigenvalue weighted by atomic mass is 32.1. The van der Waals surface area contributed by atoms with Crippen LogP contribution in [-0.2, 0) is 0 Å². The van der Waals surface area contributed by atoms with E-state index in [2.05, 4.69) is 12.6 Å². The van der Waals surface area contributed by atoms with Gasteiger partial charge in [0.1, 0.15) is 11.5 Å². The molecule has 1 aromatic rings. The molecule has 0 atom stereocenters. The second-order valence-electron chi connectivity index (χ2n) is 3.57. The van der Waals surface area contributed by atoms with Crippen LogP contribution in [0.5, 0.6) is 11.5 Å². The highest BCUT2D eigenvalue weighted by molar-refractivity contribution is 8.11. The quantitative estimate of drug-likeness (QED) is 0.630. The lowest BCUT2D eigenvalue weighted by Gasteiger charge is -2.13. The number of aromatic hydroxyl groups is 1. The molecule has 0 aromatic heterocycles. The minimum absolute atomic E-state index is 0.232. The van der Waals surface area contributed by atoms with Crippen molar-refractivity contribution >= 4 is 29.0 Å². The van der Waals surface area contributed by atoms with E-state index in [1.165, 1.54) is 0 Å². The molecule has 0 saturated carbocycles. The maximum Gasteiger partial charge on any atom is 0.131 e. The summed E-state index contributed by atoms with van der Waals surface area (Å²) in [7, 11) is 1.54. The van der Waals surface area contributed by atoms with Crippen molar-refractivity contribution in [2.24, 2.45) is 0 Å². The minimum Gasteiger partial charge on any atom is -0.508 e. The van der Waals surface area contributed by atoms with E-state index in [4.69, 9.17) is 17.0 Å². The predicted molar refractivity (Wildman–Crippen MR) is 69.4 cm³/mol. The third kappa shape index (κ3) is 2.63. The van der Waals surface area contributed by atoms with E-state index in [1.807, 2.05) is 19.9 Å². The summed E-state index contributed by atoms with van der Waals surface area (Å²) in [6.07, 6.45) is 0. The van der Waals surface area contributed by atoms with Crippen molar-refractivity contribution in [2.75, 3.05) is 7.11 Å². The fourth-order valence-electron chi connectivity index (χ4n) is 1.38. The number of rotatable bonds is 3. The van der Waals surface area contributed by atoms with Crippen molar-refractivity contribution < 1.29 is 9.84 Å². The van der Waals surface area contributed by atoms with Gasteiger partial charge in [-0.2, -0.15) is 0 Å². The number of thiol groups is 1. The Morgan fingerprint density at radius 3 is 2.47 bits per heavy atom. The van der Waals surface area contributed by atoms with Crippen LogP contribution in [0, 0.1) is 0 Å². The van der Waals surface area contributed by atoms with E-state index >= 15 is 0 Å². The van der Waals surface area contributed by atoms with Gasteiger partial charge in [0.2, 0.25) is 0 Å². The molecule has 1 rings (SSSR count). The van der Waals surface area contributed by atoms with Crippen molar-refractivity contribution in [3.63, 3.8) is 0 Å². The molecule has 82 valence electrons. The summed E-state index contributed by atoms with van der Waals surface area (Å²) in [5, 5.41) is 9.75. The molecule has 0 radical (unpaired) electrons. The number of hydrogen-bond donors (Lipinski definition) is 2. The zero-order valence-electron chi connectivity index (χ0n) is 8.94. The highest BCUT2D eigenvalue weighted by Crippen LogP contribution is 2.33. The Bertz CT molecular complexity index is 386. The third-order valence-corrected chi connectivity index (χ3v) is 2.66. The van der Waals surface area contributed by atoms with Gasteiger partial charge in [-0.05, 0) is 17.5 Å². The van der Waals surface area contributed by atoms with Gasteiger partial charge >= 0.3 is 0 Å². The van der Waals surface area contributed by atoms with Gasteiger partial charge in [-0.15, -0.1) is 12.6 Å². The average molecular weight is 242 g/mol. The van der Waals surface area contributed by atoms with Gasteiger partial charge in [0.15, 0.2) is 0 Å². The van der Waals surface area contributed by atoms with E-state index in [-0.39, 0.29) is 11.7 Å². The highest BCUT2D eigenvalue weighted by Gasteiger charge is 2.13. The molecule has 0 spiro atoms. The van der Waals surface area contributed by atoms with E-state index in [9.17, 15) is 5.11 Å². The van der Waals surface area contributed by atoms with Crippen LogP contribution in [0.15, 0.2) is 12.1 Å². The van der Waals surface area contributed by atoms with Crippen LogP contribution in [0.25, 0.3) is 0 Å². The maximum absolute atomic E-state index is 9.75. The molecule has 0 aliphatic rings. The summed E-state index contributed by atoms with van der Waals surface area (Å²) in [5.41, 5.74) is 1.60. The molecular weight excluding hydrogens is 228 g/mol. The zero-order valence-corrected chi connectivity index (χ0v) is 10.7. The molecule has 2 nitrogen and oxygen atoms in total. The van der Waals surface area contributed by atoms with Crippen molar-refractivity contribution in [1.82, 2.24) is 0 Å². The second kappa shape index (κ2) is 4.86. The topological polar surface area (TPSA) is 29.5 Å². The molecule has 0 aliphatic carbocycles. The lowest BCUT2D eigenvalue weighted by molar-refractivity contribution is 0.405. The summed E-state index contributed by atoms with van der Waals surface area (Å²) in [6, 6.07) is 3.40. The van der Waals surface area contributed by atoms with E-state index < -0.39 is 0 Å². The van der Waals surface area contributed by atoms with Crippen LogP contribution in [0.1, 0.15) is 30.9 Å². The van der Waals surface area contributed by atoms with Gasteiger partial charge in [0.25, 0.3) is 0 Å². The van der Waals surface area contributed by atoms with Crippen molar-refractivity contribution in [3.05, 3.63) is 23.3 Å². The summed E-state index contributed by atoms with van der Waals surface area (Å²) in [5.74, 6) is 1.02. The van der Waals surface area contributed by atoms with Gasteiger partial charge in [-0.1, -0.05) is 26.1 Å². The molecule has 4 heteroatoms. The maximum atomic E-state index is 9.75. The summed E-state index contributed by atoms with van der Waals surface area (Å²) in [4.78, 5) is 0. The fraction of sp³-hybridized carbons (Fsp3) is 0.364. The van der Waals surface area contributed by atoms with Crippen molar-refractivity contribution in [1.29, 1.82) is 0 Å². The number of benzene rings is 1. The lowest BCUT2D eigenvalue weighted by atomic mass is 9.99. The first-order valence-electron chi connectivity index (χ1n) is 4.61. The summed E-state index contributed by atoms with van der Waals surface area (Å²) >= 11 is 9.14. The first kappa shape index (κ1) is 12.3. The molecule has 1 aromatic carbocycles. The molecule has 1 N–H and O–H groups in total. The summed E-state index contributed by atoms with van der Waals surface area (Å²) < 4.78 is 5.59. The third-order valence-electron chi connectivity index (χ3n) is 2.20. The molecule has 0 heterocycles. The lowest BCUT2D eigenvalue weighted by Crippen LogP contribution is -1.98. The Balaban J connectivity index is 3.37. The van der Waals surface area contributed by atoms with Crippen LogP contribution < -0.4 is 4.74 Å². The van der Waals surface area contributed by atoms with Gasteiger partial charge in [0, 0.05) is 11.6 Å². The largest absolute Gasteiger partial charge is 0.508 e. The molecule has 15 heavy (non-hydrogen) atoms. The van der Waals surface area contributed by atoms with Crippen LogP contribution in [0.3, 0.4) is 0 Å². The number of phenolic OH excluding ortho intramolecular Hbond substituents is 1. The standard InChI is InChI=1S/C11H14O2S2/c1-6(2)7-4-8(11(14)15)10(13-3)5-9(7)12/h4-6,12H,1-3H3,(H,14,15). The SMILES string of the molecule is COc1cc(O)c(C(C)C)cc1C(=S)S. The Morgan fingerprint density at radius 2 is 2.07 bits per heavy atom. The summed E-state index contributed by atoms with van der Waals surface area (Å²) in [6.45, 7) is 4.01. The molecule has 0 saturated heterocycles. The number of methoxy groups -OCH3 is 1. The van der Waals surface area contributed by atoms with E-state index in [0.717, 1.165) is 11.1 Å². The van der Waals surface area contributed by atoms with E-state index in [1.54, 1.807) is 13.2 Å². The Labute approximate surface area is 101 Å². The second-order valence-corrected chi connectivity index (χ2v) is 4.73. The molecule has 0 unspecified atom stereocenters. The molecule has 0 fully saturated rings. The average Bonchev–Trinajstić information content (AvgIpc) is 2.16. The van der Waals surface area contributed by atoms with Crippen LogP contribution in [-0.4, -0.2) is 16.4 Å². The van der Waals surface area contributed by atoms with Crippen LogP contribution >= 0.6 is 24.8 Å². The van der Waals surface area contributed by atoms with Gasteiger partial charge in [-0.25, -0.2) is 0 Å². The smallest absolute Gasteiger partial charge is 0.131 e. The van der Waals surface area contributed by atoms with Gasteiger partial charge < -0.3 is 9.84 Å². The first-order chi connectivity index (χ1) is 6.97. The number of hydrogen-bond acceptors (Lipinski definition) is 3. The Kier molecular flexibility index (Phi) is 3.99. The van der Waals surface area contributed by atoms with Crippen LogP contribution in [0.4, 0.5) is 0 Å². The molecule has 0 aliphatic heterocycles. The normalized spacial score (nSPS) is 10.5. The Morgan fingerprint density at radius 1 is 1.47 bits per heavy atom. The Hall–Kier alpha value is -0.740. The van der Waals surface area contributed by atoms with Crippen molar-refractivity contribution in [3.8, 4) is 11.5 Å². The molecule has 0 bridgehead atoms. The predicted octanol–water partition coefficient (Wildman–Crippen LogP) is 3.13. The van der Waals surface area contributed by atoms with Crippen molar-refractivity contribution in [2.45, 2.75) is 19.8 Å². The van der Waals surface area contributed by atoms with E-state index in [0.29, 0.717) is 9.95 Å². The number of phenols is 1. The monoisotopic (exact) mass is 242 g/mol. The molecular formula is C11H14O2S2. The minimum atomic E-state index is 0.232. The zero-order chi connectivity index (χ0) is 11.6. The van der Waals surface area contributed by atoms with Gasteiger partial charge in [0.05, 0.1) is 11.3 Å². The van der Waals surface area contributed by atoms with Crippen LogP contribution in [0.2, 0.25) is 0 Å².